The van der Waals surface area contributed by atoms with Crippen LogP contribution in [0.4, 0.5) is 10.1 Å². The van der Waals surface area contributed by atoms with Gasteiger partial charge in [0.15, 0.2) is 11.0 Å². The number of hydrogen-bond acceptors (Lipinski definition) is 2. The van der Waals surface area contributed by atoms with E-state index in [9.17, 15) is 9.18 Å². The third-order valence-electron chi connectivity index (χ3n) is 2.48. The van der Waals surface area contributed by atoms with Gasteiger partial charge in [0.1, 0.15) is 0 Å². The summed E-state index contributed by atoms with van der Waals surface area (Å²) in [5, 5.41) is 2.32. The lowest BCUT2D eigenvalue weighted by molar-refractivity contribution is 0.102. The maximum Gasteiger partial charge on any atom is 0.258 e. The second-order valence-electron chi connectivity index (χ2n) is 3.73. The summed E-state index contributed by atoms with van der Waals surface area (Å²) in [7, 11) is 0. The van der Waals surface area contributed by atoms with Crippen molar-refractivity contribution in [3.8, 4) is 0 Å². The Balaban J connectivity index is 2.28. The molecule has 0 radical (unpaired) electrons. The summed E-state index contributed by atoms with van der Waals surface area (Å²) in [6.45, 7) is 1.85. The summed E-state index contributed by atoms with van der Waals surface area (Å²) in [5.41, 5.74) is 1.40. The van der Waals surface area contributed by atoms with E-state index in [0.29, 0.717) is 5.69 Å². The number of hydrogen-bond donors (Lipinski definition) is 1. The number of rotatable bonds is 2. The zero-order chi connectivity index (χ0) is 13.1. The van der Waals surface area contributed by atoms with Crippen molar-refractivity contribution in [1.29, 1.82) is 0 Å². The number of nitrogens with zero attached hydrogens (tertiary/aromatic N) is 1. The quantitative estimate of drug-likeness (QED) is 0.845. The molecule has 1 aromatic carbocycles. The van der Waals surface area contributed by atoms with E-state index in [-0.39, 0.29) is 10.7 Å². The second-order valence-corrected chi connectivity index (χ2v) is 4.09. The first-order valence-electron chi connectivity index (χ1n) is 5.26. The SMILES string of the molecule is Cc1ccccc1NC(=O)c1ccnc(Cl)c1F. The maximum atomic E-state index is 13.6. The van der Waals surface area contributed by atoms with Gasteiger partial charge in [-0.15, -0.1) is 0 Å². The van der Waals surface area contributed by atoms with Gasteiger partial charge in [-0.1, -0.05) is 29.8 Å². The van der Waals surface area contributed by atoms with Crippen LogP contribution in [-0.4, -0.2) is 10.9 Å². The fourth-order valence-corrected chi connectivity index (χ4v) is 1.65. The molecule has 2 rings (SSSR count). The van der Waals surface area contributed by atoms with Crippen LogP contribution in [0, 0.1) is 12.7 Å². The number of para-hydroxylation sites is 1. The number of halogens is 2. The molecule has 1 N–H and O–H groups in total. The van der Waals surface area contributed by atoms with Crippen LogP contribution in [0.5, 0.6) is 0 Å². The molecule has 0 aliphatic carbocycles. The monoisotopic (exact) mass is 264 g/mol. The smallest absolute Gasteiger partial charge is 0.258 e. The fourth-order valence-electron chi connectivity index (χ4n) is 1.50. The lowest BCUT2D eigenvalue weighted by Crippen LogP contribution is -2.15. The molecular weight excluding hydrogens is 255 g/mol. The Morgan fingerprint density at radius 1 is 1.33 bits per heavy atom. The van der Waals surface area contributed by atoms with Crippen LogP contribution in [0.25, 0.3) is 0 Å². The average Bonchev–Trinajstić information content (AvgIpc) is 2.35. The van der Waals surface area contributed by atoms with Gasteiger partial charge in [-0.3, -0.25) is 4.79 Å². The molecule has 1 amide bonds. The zero-order valence-corrected chi connectivity index (χ0v) is 10.3. The van der Waals surface area contributed by atoms with E-state index in [2.05, 4.69) is 10.3 Å². The Morgan fingerprint density at radius 2 is 2.06 bits per heavy atom. The second kappa shape index (κ2) is 5.14. The predicted octanol–water partition coefficient (Wildman–Crippen LogP) is 3.43. The number of benzene rings is 1. The molecule has 0 atom stereocenters. The van der Waals surface area contributed by atoms with E-state index >= 15 is 0 Å². The van der Waals surface area contributed by atoms with Crippen LogP contribution in [0.3, 0.4) is 0 Å². The lowest BCUT2D eigenvalue weighted by Gasteiger charge is -2.08. The molecule has 0 bridgehead atoms. The maximum absolute atomic E-state index is 13.6. The average molecular weight is 265 g/mol. The summed E-state index contributed by atoms with van der Waals surface area (Å²) >= 11 is 5.53. The number of aryl methyl sites for hydroxylation is 1. The number of aromatic nitrogens is 1. The minimum atomic E-state index is -0.815. The van der Waals surface area contributed by atoms with Crippen LogP contribution in [-0.2, 0) is 0 Å². The number of nitrogens with one attached hydrogen (secondary N) is 1. The highest BCUT2D eigenvalue weighted by Crippen LogP contribution is 2.18. The van der Waals surface area contributed by atoms with Crippen LogP contribution in [0.2, 0.25) is 5.15 Å². The van der Waals surface area contributed by atoms with Crippen molar-refractivity contribution in [1.82, 2.24) is 4.98 Å². The van der Waals surface area contributed by atoms with E-state index in [4.69, 9.17) is 11.6 Å². The van der Waals surface area contributed by atoms with Gasteiger partial charge in [0, 0.05) is 11.9 Å². The zero-order valence-electron chi connectivity index (χ0n) is 9.58. The number of carbonyl (C=O) groups is 1. The number of anilines is 1. The first-order valence-corrected chi connectivity index (χ1v) is 5.64. The minimum Gasteiger partial charge on any atom is -0.322 e. The van der Waals surface area contributed by atoms with Crippen molar-refractivity contribution >= 4 is 23.2 Å². The highest BCUT2D eigenvalue weighted by atomic mass is 35.5. The van der Waals surface area contributed by atoms with Gasteiger partial charge in [-0.05, 0) is 24.6 Å². The largest absolute Gasteiger partial charge is 0.322 e. The number of carbonyl (C=O) groups excluding carboxylic acids is 1. The van der Waals surface area contributed by atoms with Gasteiger partial charge in [0.25, 0.3) is 5.91 Å². The molecule has 92 valence electrons. The first-order chi connectivity index (χ1) is 8.59. The molecule has 1 heterocycles. The Kier molecular flexibility index (Phi) is 3.58. The van der Waals surface area contributed by atoms with Crippen molar-refractivity contribution in [2.75, 3.05) is 5.32 Å². The molecule has 3 nitrogen and oxygen atoms in total. The molecule has 0 aliphatic rings. The number of pyridine rings is 1. The van der Waals surface area contributed by atoms with Crippen LogP contribution < -0.4 is 5.32 Å². The summed E-state index contributed by atoms with van der Waals surface area (Å²) < 4.78 is 13.6. The molecule has 1 aromatic heterocycles. The third-order valence-corrected chi connectivity index (χ3v) is 2.75. The summed E-state index contributed by atoms with van der Waals surface area (Å²) in [6.07, 6.45) is 1.29. The van der Waals surface area contributed by atoms with Crippen molar-refractivity contribution in [3.05, 3.63) is 58.6 Å². The normalized spacial score (nSPS) is 10.2. The number of amides is 1. The molecule has 5 heteroatoms. The molecule has 0 unspecified atom stereocenters. The molecule has 18 heavy (non-hydrogen) atoms. The van der Waals surface area contributed by atoms with Crippen LogP contribution in [0.1, 0.15) is 15.9 Å². The van der Waals surface area contributed by atoms with E-state index < -0.39 is 11.7 Å². The van der Waals surface area contributed by atoms with Gasteiger partial charge in [0.2, 0.25) is 0 Å². The van der Waals surface area contributed by atoms with Crippen molar-refractivity contribution in [2.24, 2.45) is 0 Å². The first kappa shape index (κ1) is 12.5. The Labute approximate surface area is 109 Å². The van der Waals surface area contributed by atoms with Gasteiger partial charge in [-0.2, -0.15) is 0 Å². The molecule has 0 fully saturated rings. The third kappa shape index (κ3) is 2.49. The van der Waals surface area contributed by atoms with Crippen LogP contribution in [0.15, 0.2) is 36.5 Å². The van der Waals surface area contributed by atoms with Gasteiger partial charge < -0.3 is 5.32 Å². The van der Waals surface area contributed by atoms with Gasteiger partial charge >= 0.3 is 0 Å². The fraction of sp³-hybridized carbons (Fsp3) is 0.0769. The standard InChI is InChI=1S/C13H10ClFN2O/c1-8-4-2-3-5-10(8)17-13(18)9-6-7-16-12(14)11(9)15/h2-7H,1H3,(H,17,18). The van der Waals surface area contributed by atoms with E-state index in [0.717, 1.165) is 5.56 Å². The van der Waals surface area contributed by atoms with Crippen LogP contribution >= 0.6 is 11.6 Å². The Morgan fingerprint density at radius 3 is 2.78 bits per heavy atom. The lowest BCUT2D eigenvalue weighted by atomic mass is 10.2. The summed E-state index contributed by atoms with van der Waals surface area (Å²) in [6, 6.07) is 8.53. The van der Waals surface area contributed by atoms with E-state index in [1.54, 1.807) is 12.1 Å². The molecule has 2 aromatic rings. The molecule has 0 spiro atoms. The van der Waals surface area contributed by atoms with Gasteiger partial charge in [-0.25, -0.2) is 9.37 Å². The van der Waals surface area contributed by atoms with E-state index in [1.807, 2.05) is 19.1 Å². The van der Waals surface area contributed by atoms with Crippen molar-refractivity contribution in [2.45, 2.75) is 6.92 Å². The topological polar surface area (TPSA) is 42.0 Å². The minimum absolute atomic E-state index is 0.127. The molecule has 0 saturated carbocycles. The predicted molar refractivity (Wildman–Crippen MR) is 68.3 cm³/mol. The van der Waals surface area contributed by atoms with Crippen molar-refractivity contribution in [3.63, 3.8) is 0 Å². The molecule has 0 saturated heterocycles. The highest BCUT2D eigenvalue weighted by Gasteiger charge is 2.15. The van der Waals surface area contributed by atoms with E-state index in [1.165, 1.54) is 12.3 Å². The van der Waals surface area contributed by atoms with Gasteiger partial charge in [0.05, 0.1) is 5.56 Å². The highest BCUT2D eigenvalue weighted by molar-refractivity contribution is 6.30. The Hall–Kier alpha value is -1.94. The van der Waals surface area contributed by atoms with Crippen molar-refractivity contribution < 1.29 is 9.18 Å². The Bertz CT molecular complexity index is 601. The summed E-state index contributed by atoms with van der Waals surface area (Å²) in [5.74, 6) is -1.36. The summed E-state index contributed by atoms with van der Waals surface area (Å²) in [4.78, 5) is 15.5. The molecular formula is C13H10ClFN2O. The molecule has 0 aliphatic heterocycles.